The molecule has 0 saturated carbocycles. The summed E-state index contributed by atoms with van der Waals surface area (Å²) in [7, 11) is -3.69. The molecule has 2 rings (SSSR count). The Balaban J connectivity index is 2.90. The fraction of sp³-hybridized carbons (Fsp3) is 0.111. The van der Waals surface area contributed by atoms with Crippen molar-refractivity contribution in [2.75, 3.05) is 0 Å². The Bertz CT molecular complexity index is 631. The normalized spacial score (nSPS) is 12.2. The van der Waals surface area contributed by atoms with E-state index in [1.165, 1.54) is 6.20 Å². The molecule has 15 heavy (non-hydrogen) atoms. The van der Waals surface area contributed by atoms with Gasteiger partial charge in [0.15, 0.2) is 0 Å². The predicted molar refractivity (Wildman–Crippen MR) is 59.4 cm³/mol. The lowest BCUT2D eigenvalue weighted by Gasteiger charge is -2.00. The van der Waals surface area contributed by atoms with Crippen molar-refractivity contribution in [3.63, 3.8) is 0 Å². The molecule has 0 unspecified atom stereocenters. The number of benzene rings is 1. The third kappa shape index (κ3) is 1.62. The van der Waals surface area contributed by atoms with Gasteiger partial charge in [-0.15, -0.1) is 0 Å². The van der Waals surface area contributed by atoms with E-state index in [9.17, 15) is 8.42 Å². The molecular formula is C9H9ClN2O2S. The number of aryl methyl sites for hydroxylation is 1. The van der Waals surface area contributed by atoms with Gasteiger partial charge in [0, 0.05) is 16.6 Å². The van der Waals surface area contributed by atoms with Crippen LogP contribution in [0.2, 0.25) is 5.02 Å². The summed E-state index contributed by atoms with van der Waals surface area (Å²) in [4.78, 5) is 2.95. The molecule has 0 bridgehead atoms. The molecule has 0 aliphatic rings. The van der Waals surface area contributed by atoms with Crippen molar-refractivity contribution in [3.8, 4) is 0 Å². The van der Waals surface area contributed by atoms with Crippen molar-refractivity contribution in [1.82, 2.24) is 4.98 Å². The molecule has 2 aromatic rings. The van der Waals surface area contributed by atoms with Crippen LogP contribution in [-0.2, 0) is 10.0 Å². The number of aromatic amines is 1. The second kappa shape index (κ2) is 3.23. The maximum Gasteiger partial charge on any atom is 0.240 e. The third-order valence-electron chi connectivity index (χ3n) is 2.32. The molecule has 1 heterocycles. The summed E-state index contributed by atoms with van der Waals surface area (Å²) in [5.41, 5.74) is 1.51. The van der Waals surface area contributed by atoms with E-state index in [0.29, 0.717) is 15.9 Å². The monoisotopic (exact) mass is 244 g/mol. The van der Waals surface area contributed by atoms with Crippen LogP contribution < -0.4 is 5.14 Å². The zero-order valence-electron chi connectivity index (χ0n) is 7.91. The number of halogens is 1. The molecule has 1 aromatic heterocycles. The Morgan fingerprint density at radius 1 is 1.40 bits per heavy atom. The quantitative estimate of drug-likeness (QED) is 0.802. The van der Waals surface area contributed by atoms with Crippen molar-refractivity contribution in [2.45, 2.75) is 11.8 Å². The maximum atomic E-state index is 11.2. The number of sulfonamides is 1. The van der Waals surface area contributed by atoms with Crippen LogP contribution in [0.5, 0.6) is 0 Å². The predicted octanol–water partition coefficient (Wildman–Crippen LogP) is 1.78. The van der Waals surface area contributed by atoms with Gasteiger partial charge in [-0.2, -0.15) is 0 Å². The van der Waals surface area contributed by atoms with Gasteiger partial charge in [-0.1, -0.05) is 11.6 Å². The number of nitrogens with one attached hydrogen (secondary N) is 1. The molecule has 0 atom stereocenters. The maximum absolute atomic E-state index is 11.2. The van der Waals surface area contributed by atoms with Gasteiger partial charge in [-0.25, -0.2) is 13.6 Å². The van der Waals surface area contributed by atoms with E-state index in [1.54, 1.807) is 12.1 Å². The first-order valence-corrected chi connectivity index (χ1v) is 6.12. The first kappa shape index (κ1) is 10.5. The Hall–Kier alpha value is -1.04. The molecule has 0 aliphatic carbocycles. The molecule has 0 amide bonds. The van der Waals surface area contributed by atoms with E-state index in [1.807, 2.05) is 6.92 Å². The molecule has 0 saturated heterocycles. The van der Waals surface area contributed by atoms with Crippen molar-refractivity contribution >= 4 is 32.5 Å². The van der Waals surface area contributed by atoms with E-state index in [-0.39, 0.29) is 4.90 Å². The second-order valence-electron chi connectivity index (χ2n) is 3.29. The first-order chi connectivity index (χ1) is 6.91. The molecule has 0 aliphatic heterocycles. The van der Waals surface area contributed by atoms with Crippen LogP contribution in [-0.4, -0.2) is 13.4 Å². The van der Waals surface area contributed by atoms with Gasteiger partial charge >= 0.3 is 0 Å². The molecule has 1 aromatic carbocycles. The highest BCUT2D eigenvalue weighted by atomic mass is 35.5. The highest BCUT2D eigenvalue weighted by Crippen LogP contribution is 2.28. The summed E-state index contributed by atoms with van der Waals surface area (Å²) >= 11 is 5.91. The van der Waals surface area contributed by atoms with Crippen molar-refractivity contribution in [3.05, 3.63) is 28.9 Å². The second-order valence-corrected chi connectivity index (χ2v) is 5.23. The number of H-pyrrole nitrogens is 1. The van der Waals surface area contributed by atoms with E-state index in [0.717, 1.165) is 5.56 Å². The van der Waals surface area contributed by atoms with Crippen LogP contribution >= 0.6 is 11.6 Å². The van der Waals surface area contributed by atoms with Gasteiger partial charge in [-0.3, -0.25) is 0 Å². The Morgan fingerprint density at radius 3 is 2.67 bits per heavy atom. The molecule has 0 spiro atoms. The number of fused-ring (bicyclic) bond motifs is 1. The van der Waals surface area contributed by atoms with E-state index < -0.39 is 10.0 Å². The molecule has 6 heteroatoms. The van der Waals surface area contributed by atoms with Crippen LogP contribution in [0.1, 0.15) is 5.56 Å². The Labute approximate surface area is 92.1 Å². The number of rotatable bonds is 1. The number of hydrogen-bond donors (Lipinski definition) is 2. The Morgan fingerprint density at radius 2 is 2.07 bits per heavy atom. The first-order valence-electron chi connectivity index (χ1n) is 4.20. The minimum absolute atomic E-state index is 0.0947. The van der Waals surface area contributed by atoms with Gasteiger partial charge in [0.05, 0.1) is 5.52 Å². The lowest BCUT2D eigenvalue weighted by atomic mass is 10.2. The molecule has 80 valence electrons. The topological polar surface area (TPSA) is 76.0 Å². The third-order valence-corrected chi connectivity index (χ3v) is 3.68. The largest absolute Gasteiger partial charge is 0.360 e. The fourth-order valence-electron chi connectivity index (χ4n) is 1.53. The van der Waals surface area contributed by atoms with Crippen LogP contribution in [0.4, 0.5) is 0 Å². The minimum Gasteiger partial charge on any atom is -0.360 e. The van der Waals surface area contributed by atoms with Crippen LogP contribution in [0.3, 0.4) is 0 Å². The summed E-state index contributed by atoms with van der Waals surface area (Å²) in [6.45, 7) is 1.81. The van der Waals surface area contributed by atoms with Crippen molar-refractivity contribution in [2.24, 2.45) is 5.14 Å². The molecule has 3 N–H and O–H groups in total. The molecule has 4 nitrogen and oxygen atoms in total. The van der Waals surface area contributed by atoms with E-state index in [2.05, 4.69) is 4.98 Å². The van der Waals surface area contributed by atoms with Crippen LogP contribution in [0, 0.1) is 6.92 Å². The lowest BCUT2D eigenvalue weighted by Crippen LogP contribution is -2.11. The summed E-state index contributed by atoms with van der Waals surface area (Å²) in [6.07, 6.45) is 1.38. The molecular weight excluding hydrogens is 236 g/mol. The molecule has 0 radical (unpaired) electrons. The van der Waals surface area contributed by atoms with Crippen LogP contribution in [0.25, 0.3) is 10.9 Å². The van der Waals surface area contributed by atoms with Gasteiger partial charge in [0.2, 0.25) is 10.0 Å². The van der Waals surface area contributed by atoms with Crippen molar-refractivity contribution < 1.29 is 8.42 Å². The molecule has 0 fully saturated rings. The van der Waals surface area contributed by atoms with Gasteiger partial charge < -0.3 is 4.98 Å². The number of primary sulfonamides is 1. The average Bonchev–Trinajstić information content (AvgIpc) is 2.54. The fourth-order valence-corrected chi connectivity index (χ4v) is 2.39. The minimum atomic E-state index is -3.69. The zero-order valence-corrected chi connectivity index (χ0v) is 9.48. The lowest BCUT2D eigenvalue weighted by molar-refractivity contribution is 0.598. The van der Waals surface area contributed by atoms with Crippen molar-refractivity contribution in [1.29, 1.82) is 0 Å². The standard InChI is InChI=1S/C9H9ClN2O2S/c1-5-7(10)3-2-6-8(15(11,13)14)4-12-9(5)6/h2-4,12H,1H3,(H2,11,13,14). The van der Waals surface area contributed by atoms with Gasteiger partial charge in [0.1, 0.15) is 4.90 Å². The summed E-state index contributed by atoms with van der Waals surface area (Å²) < 4.78 is 22.5. The number of aromatic nitrogens is 1. The van der Waals surface area contributed by atoms with Gasteiger partial charge in [0.25, 0.3) is 0 Å². The number of nitrogens with two attached hydrogens (primary N) is 1. The highest BCUT2D eigenvalue weighted by Gasteiger charge is 2.15. The average molecular weight is 245 g/mol. The SMILES string of the molecule is Cc1c(Cl)ccc2c(S(N)(=O)=O)c[nH]c12. The highest BCUT2D eigenvalue weighted by molar-refractivity contribution is 7.89. The number of hydrogen-bond acceptors (Lipinski definition) is 2. The van der Waals surface area contributed by atoms with Gasteiger partial charge in [-0.05, 0) is 24.6 Å². The van der Waals surface area contributed by atoms with Crippen LogP contribution in [0.15, 0.2) is 23.2 Å². The smallest absolute Gasteiger partial charge is 0.240 e. The summed E-state index contributed by atoms with van der Waals surface area (Å²) in [5, 5.41) is 6.23. The van der Waals surface area contributed by atoms with E-state index in [4.69, 9.17) is 16.7 Å². The summed E-state index contributed by atoms with van der Waals surface area (Å²) in [5.74, 6) is 0. The summed E-state index contributed by atoms with van der Waals surface area (Å²) in [6, 6.07) is 3.29. The zero-order chi connectivity index (χ0) is 11.2. The van der Waals surface area contributed by atoms with E-state index >= 15 is 0 Å². The Kier molecular flexibility index (Phi) is 2.26.